The third-order valence-corrected chi connectivity index (χ3v) is 10.00. The molecule has 4 N–H and O–H groups in total. The number of fused-ring (bicyclic) bond motifs is 4. The number of carbonyl (C=O) groups is 5. The summed E-state index contributed by atoms with van der Waals surface area (Å²) < 4.78 is 4.58. The van der Waals surface area contributed by atoms with Crippen LogP contribution in [0.5, 0.6) is 0 Å². The highest BCUT2D eigenvalue weighted by Gasteiger charge is 2.26. The summed E-state index contributed by atoms with van der Waals surface area (Å²) in [7, 11) is 0. The fourth-order valence-corrected chi connectivity index (χ4v) is 7.20. The molecule has 0 saturated carbocycles. The van der Waals surface area contributed by atoms with E-state index in [1.807, 2.05) is 44.2 Å². The molecule has 1 aliphatic rings. The Labute approximate surface area is 303 Å². The van der Waals surface area contributed by atoms with Gasteiger partial charge in [0.2, 0.25) is 11.8 Å². The Balaban J connectivity index is 1.35. The van der Waals surface area contributed by atoms with Crippen molar-refractivity contribution in [3.05, 3.63) is 79.4 Å². The quantitative estimate of drug-likeness (QED) is 0.218. The Morgan fingerprint density at radius 3 is 2.31 bits per heavy atom. The van der Waals surface area contributed by atoms with Gasteiger partial charge in [0.05, 0.1) is 18.6 Å². The molecule has 5 rings (SSSR count). The Morgan fingerprint density at radius 1 is 0.941 bits per heavy atom. The van der Waals surface area contributed by atoms with Crippen LogP contribution in [-0.4, -0.2) is 80.9 Å². The Hall–Kier alpha value is -5.03. The van der Waals surface area contributed by atoms with Crippen LogP contribution in [0.4, 0.5) is 0 Å². The predicted molar refractivity (Wildman–Crippen MR) is 189 cm³/mol. The van der Waals surface area contributed by atoms with Gasteiger partial charge in [0, 0.05) is 36.8 Å². The zero-order valence-corrected chi connectivity index (χ0v) is 30.3. The average molecular weight is 736 g/mol. The normalized spacial score (nSPS) is 18.0. The molecule has 1 aromatic carbocycles. The molecule has 0 saturated heterocycles. The predicted octanol–water partition coefficient (Wildman–Crippen LogP) is 3.38. The number of nitrogens with one attached hydrogen (secondary N) is 4. The summed E-state index contributed by atoms with van der Waals surface area (Å²) in [4.78, 5) is 76.4. The summed E-state index contributed by atoms with van der Waals surface area (Å²) in [5, 5.41) is 23.2. The third kappa shape index (κ3) is 10.5. The van der Waals surface area contributed by atoms with Crippen LogP contribution >= 0.6 is 22.7 Å². The molecule has 2 atom stereocenters. The first-order valence-electron chi connectivity index (χ1n) is 16.8. The number of rotatable bonds is 7. The molecule has 0 aliphatic carbocycles. The van der Waals surface area contributed by atoms with Crippen molar-refractivity contribution in [3.63, 3.8) is 0 Å². The van der Waals surface area contributed by atoms with Crippen molar-refractivity contribution in [1.82, 2.24) is 46.4 Å². The maximum atomic E-state index is 13.6. The van der Waals surface area contributed by atoms with Crippen LogP contribution in [0, 0.1) is 12.8 Å². The minimum atomic E-state index is -0.593. The molecule has 0 unspecified atom stereocenters. The highest BCUT2D eigenvalue weighted by molar-refractivity contribution is 7.10. The molecule has 270 valence electrons. The van der Waals surface area contributed by atoms with Gasteiger partial charge in [-0.15, -0.1) is 22.7 Å². The summed E-state index contributed by atoms with van der Waals surface area (Å²) in [5.41, 5.74) is 1.72. The molecule has 4 bridgehead atoms. The maximum absolute atomic E-state index is 13.6. The van der Waals surface area contributed by atoms with Crippen LogP contribution in [0.3, 0.4) is 0 Å². The molecule has 1 aliphatic heterocycles. The highest BCUT2D eigenvalue weighted by Crippen LogP contribution is 2.27. The zero-order valence-electron chi connectivity index (χ0n) is 28.6. The molecule has 3 aromatic heterocycles. The highest BCUT2D eigenvalue weighted by atomic mass is 32.1. The van der Waals surface area contributed by atoms with E-state index in [4.69, 9.17) is 0 Å². The lowest BCUT2D eigenvalue weighted by molar-refractivity contribution is -0.131. The standard InChI is InChI=1S/C34H41N9O6S2/c1-20(2)15-23-33-40-26(19-51-33)31(47)38-24(16-22-9-5-4-6-10-22)34-39-25(18-50-34)30(46)35-12-8-14-43(13-7-11-27(44)37-23)28(45)17-36-32(48)29-21(3)41-49-42-29/h4-6,9-10,18-20,23-24H,7-8,11-17H2,1-3H3,(H,35,46)(H,36,48)(H,37,44)(H,38,47)/t23-,24-/m0/s1. The molecule has 0 fully saturated rings. The number of benzene rings is 1. The smallest absolute Gasteiger partial charge is 0.275 e. The van der Waals surface area contributed by atoms with Gasteiger partial charge in [-0.25, -0.2) is 14.6 Å². The number of hydrogen-bond acceptors (Lipinski definition) is 12. The molecule has 4 aromatic rings. The number of amides is 5. The number of hydrogen-bond donors (Lipinski definition) is 4. The molecule has 51 heavy (non-hydrogen) atoms. The lowest BCUT2D eigenvalue weighted by Crippen LogP contribution is -2.42. The summed E-state index contributed by atoms with van der Waals surface area (Å²) in [6.07, 6.45) is 1.97. The molecular weight excluding hydrogens is 695 g/mol. The summed E-state index contributed by atoms with van der Waals surface area (Å²) in [6.45, 7) is 6.13. The lowest BCUT2D eigenvalue weighted by Gasteiger charge is -2.23. The number of carbonyl (C=O) groups excluding carboxylic acids is 5. The van der Waals surface area contributed by atoms with Gasteiger partial charge in [-0.05, 0) is 49.2 Å². The van der Waals surface area contributed by atoms with Crippen molar-refractivity contribution in [2.24, 2.45) is 5.92 Å². The van der Waals surface area contributed by atoms with Gasteiger partial charge in [-0.1, -0.05) is 49.3 Å². The Bertz CT molecular complexity index is 1820. The van der Waals surface area contributed by atoms with E-state index in [1.165, 1.54) is 22.7 Å². The van der Waals surface area contributed by atoms with Gasteiger partial charge < -0.3 is 26.2 Å². The second-order valence-electron chi connectivity index (χ2n) is 12.6. The second-order valence-corrected chi connectivity index (χ2v) is 14.4. The van der Waals surface area contributed by atoms with Gasteiger partial charge in [0.15, 0.2) is 5.69 Å². The largest absolute Gasteiger partial charge is 0.351 e. The van der Waals surface area contributed by atoms with Crippen molar-refractivity contribution in [2.45, 2.75) is 65.0 Å². The molecule has 0 spiro atoms. The first-order valence-corrected chi connectivity index (χ1v) is 18.5. The van der Waals surface area contributed by atoms with E-state index in [2.05, 4.69) is 46.2 Å². The van der Waals surface area contributed by atoms with Crippen LogP contribution in [0.2, 0.25) is 0 Å². The van der Waals surface area contributed by atoms with Gasteiger partial charge in [-0.3, -0.25) is 24.0 Å². The monoisotopic (exact) mass is 735 g/mol. The van der Waals surface area contributed by atoms with Crippen molar-refractivity contribution in [3.8, 4) is 0 Å². The third-order valence-electron chi connectivity index (χ3n) is 8.08. The van der Waals surface area contributed by atoms with Gasteiger partial charge in [0.25, 0.3) is 17.7 Å². The minimum absolute atomic E-state index is 0.0101. The van der Waals surface area contributed by atoms with Gasteiger partial charge >= 0.3 is 0 Å². The summed E-state index contributed by atoms with van der Waals surface area (Å²) >= 11 is 2.58. The van der Waals surface area contributed by atoms with E-state index in [-0.39, 0.29) is 79.2 Å². The van der Waals surface area contributed by atoms with Crippen molar-refractivity contribution in [2.75, 3.05) is 26.2 Å². The zero-order chi connectivity index (χ0) is 36.3. The fraction of sp³-hybridized carbons (Fsp3) is 0.441. The molecule has 5 amide bonds. The Morgan fingerprint density at radius 2 is 1.63 bits per heavy atom. The van der Waals surface area contributed by atoms with Crippen molar-refractivity contribution < 1.29 is 28.6 Å². The number of thiazole rings is 2. The maximum Gasteiger partial charge on any atom is 0.275 e. The average Bonchev–Trinajstić information content (AvgIpc) is 3.89. The van der Waals surface area contributed by atoms with Crippen LogP contribution in [-0.2, 0) is 16.0 Å². The molecular formula is C34H41N9O6S2. The van der Waals surface area contributed by atoms with E-state index >= 15 is 0 Å². The van der Waals surface area contributed by atoms with Gasteiger partial charge in [0.1, 0.15) is 27.1 Å². The van der Waals surface area contributed by atoms with E-state index in [0.29, 0.717) is 41.4 Å². The van der Waals surface area contributed by atoms with Crippen LogP contribution in [0.1, 0.15) is 104 Å². The first kappa shape index (κ1) is 37.2. The molecule has 15 nitrogen and oxygen atoms in total. The van der Waals surface area contributed by atoms with E-state index < -0.39 is 18.0 Å². The summed E-state index contributed by atoms with van der Waals surface area (Å²) in [6, 6.07) is 8.75. The summed E-state index contributed by atoms with van der Waals surface area (Å²) in [5.74, 6) is -1.69. The van der Waals surface area contributed by atoms with E-state index in [1.54, 1.807) is 22.6 Å². The number of aryl methyl sites for hydroxylation is 1. The SMILES string of the molecule is Cc1nonc1C(=O)NCC(=O)N1CCCNC(=O)c2csc(n2)[C@H](Cc2ccccc2)NC(=O)c2csc(n2)[C@H](CC(C)C)NC(=O)CCC1. The van der Waals surface area contributed by atoms with Crippen LogP contribution < -0.4 is 21.3 Å². The van der Waals surface area contributed by atoms with E-state index in [0.717, 1.165) is 5.56 Å². The fourth-order valence-electron chi connectivity index (χ4n) is 5.49. The van der Waals surface area contributed by atoms with Gasteiger partial charge in [-0.2, -0.15) is 0 Å². The lowest BCUT2D eigenvalue weighted by atomic mass is 10.0. The minimum Gasteiger partial charge on any atom is -0.351 e. The Kier molecular flexibility index (Phi) is 13.0. The van der Waals surface area contributed by atoms with Crippen LogP contribution in [0.25, 0.3) is 0 Å². The van der Waals surface area contributed by atoms with Crippen molar-refractivity contribution >= 4 is 52.2 Å². The molecule has 0 radical (unpaired) electrons. The second kappa shape index (κ2) is 17.8. The van der Waals surface area contributed by atoms with Crippen LogP contribution in [0.15, 0.2) is 45.7 Å². The number of aromatic nitrogens is 4. The number of nitrogens with zero attached hydrogens (tertiary/aromatic N) is 5. The first-order chi connectivity index (χ1) is 24.6. The molecule has 4 heterocycles. The van der Waals surface area contributed by atoms with E-state index in [9.17, 15) is 24.0 Å². The topological polar surface area (TPSA) is 201 Å². The van der Waals surface area contributed by atoms with Crippen molar-refractivity contribution in [1.29, 1.82) is 0 Å². The molecule has 17 heteroatoms.